The lowest BCUT2D eigenvalue weighted by Gasteiger charge is -2.31. The van der Waals surface area contributed by atoms with Crippen molar-refractivity contribution in [3.8, 4) is 0 Å². The number of benzene rings is 1. The van der Waals surface area contributed by atoms with Crippen LogP contribution in [-0.2, 0) is 9.59 Å². The van der Waals surface area contributed by atoms with E-state index < -0.39 is 11.9 Å². The molecule has 1 saturated heterocycles. The maximum Gasteiger partial charge on any atom is 0.308 e. The van der Waals surface area contributed by atoms with Crippen LogP contribution >= 0.6 is 0 Å². The van der Waals surface area contributed by atoms with Crippen LogP contribution < -0.4 is 9.80 Å². The van der Waals surface area contributed by atoms with E-state index in [9.17, 15) is 9.59 Å². The summed E-state index contributed by atoms with van der Waals surface area (Å²) in [7, 11) is 3.89. The number of piperidine rings is 1. The van der Waals surface area contributed by atoms with E-state index in [0.717, 1.165) is 11.4 Å². The molecule has 1 aliphatic rings. The minimum Gasteiger partial charge on any atom is -0.481 e. The second kappa shape index (κ2) is 5.30. The Morgan fingerprint density at radius 3 is 2.47 bits per heavy atom. The Labute approximate surface area is 112 Å². The number of hydrogen-bond donors (Lipinski definition) is 1. The second-order valence-electron chi connectivity index (χ2n) is 4.99. The number of anilines is 2. The van der Waals surface area contributed by atoms with E-state index in [4.69, 9.17) is 5.11 Å². The molecular formula is C14H18N2O3. The van der Waals surface area contributed by atoms with E-state index in [-0.39, 0.29) is 12.5 Å². The van der Waals surface area contributed by atoms with Gasteiger partial charge in [-0.3, -0.25) is 9.59 Å². The van der Waals surface area contributed by atoms with Crippen molar-refractivity contribution in [1.82, 2.24) is 0 Å². The normalized spacial score (nSPS) is 19.4. The number of carbonyl (C=O) groups is 2. The minimum absolute atomic E-state index is 0.00453. The molecular weight excluding hydrogens is 244 g/mol. The van der Waals surface area contributed by atoms with Crippen molar-refractivity contribution < 1.29 is 14.7 Å². The van der Waals surface area contributed by atoms with Crippen LogP contribution in [0.3, 0.4) is 0 Å². The quantitative estimate of drug-likeness (QED) is 0.898. The summed E-state index contributed by atoms with van der Waals surface area (Å²) >= 11 is 0. The van der Waals surface area contributed by atoms with Gasteiger partial charge in [-0.15, -0.1) is 0 Å². The Kier molecular flexibility index (Phi) is 3.74. The number of amides is 1. The van der Waals surface area contributed by atoms with Crippen molar-refractivity contribution in [3.63, 3.8) is 0 Å². The van der Waals surface area contributed by atoms with Gasteiger partial charge in [-0.05, 0) is 30.7 Å². The van der Waals surface area contributed by atoms with Gasteiger partial charge in [-0.2, -0.15) is 0 Å². The summed E-state index contributed by atoms with van der Waals surface area (Å²) in [6.07, 6.45) is 0.729. The molecule has 1 heterocycles. The number of hydrogen-bond acceptors (Lipinski definition) is 3. The first-order valence-electron chi connectivity index (χ1n) is 6.29. The van der Waals surface area contributed by atoms with Crippen LogP contribution in [0.25, 0.3) is 0 Å². The summed E-state index contributed by atoms with van der Waals surface area (Å²) < 4.78 is 0. The standard InChI is InChI=1S/C14H18N2O3/c1-15(2)11-4-6-12(7-5-11)16-9-10(14(18)19)3-8-13(16)17/h4-7,10H,3,8-9H2,1-2H3,(H,18,19). The fraction of sp³-hybridized carbons (Fsp3) is 0.429. The molecule has 1 N–H and O–H groups in total. The van der Waals surface area contributed by atoms with Crippen molar-refractivity contribution in [2.45, 2.75) is 12.8 Å². The van der Waals surface area contributed by atoms with Gasteiger partial charge < -0.3 is 14.9 Å². The van der Waals surface area contributed by atoms with E-state index >= 15 is 0 Å². The van der Waals surface area contributed by atoms with Crippen LogP contribution in [0.4, 0.5) is 11.4 Å². The Bertz CT molecular complexity index is 482. The van der Waals surface area contributed by atoms with Crippen molar-refractivity contribution in [2.75, 3.05) is 30.4 Å². The molecule has 0 saturated carbocycles. The fourth-order valence-corrected chi connectivity index (χ4v) is 2.23. The summed E-state index contributed by atoms with van der Waals surface area (Å²) in [4.78, 5) is 26.5. The molecule has 1 aromatic rings. The number of nitrogens with zero attached hydrogens (tertiary/aromatic N) is 2. The van der Waals surface area contributed by atoms with E-state index in [1.807, 2.05) is 43.3 Å². The molecule has 1 amide bonds. The van der Waals surface area contributed by atoms with Crippen LogP contribution in [-0.4, -0.2) is 37.6 Å². The molecule has 0 bridgehead atoms. The molecule has 0 aromatic heterocycles. The number of carbonyl (C=O) groups excluding carboxylic acids is 1. The summed E-state index contributed by atoms with van der Waals surface area (Å²) in [5, 5.41) is 9.06. The van der Waals surface area contributed by atoms with Gasteiger partial charge in [0.25, 0.3) is 0 Å². The molecule has 1 aromatic carbocycles. The lowest BCUT2D eigenvalue weighted by molar-refractivity contribution is -0.142. The minimum atomic E-state index is -0.831. The molecule has 19 heavy (non-hydrogen) atoms. The van der Waals surface area contributed by atoms with E-state index in [0.29, 0.717) is 12.8 Å². The van der Waals surface area contributed by atoms with Gasteiger partial charge in [0.1, 0.15) is 0 Å². The van der Waals surface area contributed by atoms with Gasteiger partial charge in [-0.25, -0.2) is 0 Å². The van der Waals surface area contributed by atoms with Gasteiger partial charge in [0, 0.05) is 38.4 Å². The topological polar surface area (TPSA) is 60.9 Å². The van der Waals surface area contributed by atoms with Gasteiger partial charge in [-0.1, -0.05) is 0 Å². The monoisotopic (exact) mass is 262 g/mol. The molecule has 2 rings (SSSR count). The van der Waals surface area contributed by atoms with Crippen LogP contribution in [0.5, 0.6) is 0 Å². The lowest BCUT2D eigenvalue weighted by atomic mass is 9.97. The van der Waals surface area contributed by atoms with E-state index in [1.54, 1.807) is 4.90 Å². The van der Waals surface area contributed by atoms with Gasteiger partial charge in [0.05, 0.1) is 5.92 Å². The summed E-state index contributed by atoms with van der Waals surface area (Å²) in [5.41, 5.74) is 1.81. The predicted molar refractivity (Wildman–Crippen MR) is 73.5 cm³/mol. The maximum absolute atomic E-state index is 11.9. The summed E-state index contributed by atoms with van der Waals surface area (Å²) in [5.74, 6) is -1.30. The molecule has 0 spiro atoms. The molecule has 0 radical (unpaired) electrons. The Morgan fingerprint density at radius 2 is 1.95 bits per heavy atom. The summed E-state index contributed by atoms with van der Waals surface area (Å²) in [6, 6.07) is 7.56. The van der Waals surface area contributed by atoms with Crippen molar-refractivity contribution >= 4 is 23.3 Å². The van der Waals surface area contributed by atoms with Crippen LogP contribution in [0, 0.1) is 5.92 Å². The van der Waals surface area contributed by atoms with Crippen molar-refractivity contribution in [1.29, 1.82) is 0 Å². The highest BCUT2D eigenvalue weighted by atomic mass is 16.4. The van der Waals surface area contributed by atoms with Gasteiger partial charge in [0.2, 0.25) is 5.91 Å². The number of carboxylic acid groups (broad SMARTS) is 1. The molecule has 1 aliphatic heterocycles. The first kappa shape index (κ1) is 13.4. The summed E-state index contributed by atoms with van der Waals surface area (Å²) in [6.45, 7) is 0.259. The van der Waals surface area contributed by atoms with Crippen molar-refractivity contribution in [3.05, 3.63) is 24.3 Å². The molecule has 5 nitrogen and oxygen atoms in total. The maximum atomic E-state index is 11.9. The second-order valence-corrected chi connectivity index (χ2v) is 4.99. The van der Waals surface area contributed by atoms with E-state index in [1.165, 1.54) is 0 Å². The molecule has 5 heteroatoms. The zero-order valence-electron chi connectivity index (χ0n) is 11.2. The first-order chi connectivity index (χ1) is 8.99. The Morgan fingerprint density at radius 1 is 1.32 bits per heavy atom. The first-order valence-corrected chi connectivity index (χ1v) is 6.29. The average Bonchev–Trinajstić information content (AvgIpc) is 2.39. The van der Waals surface area contributed by atoms with Gasteiger partial charge in [0.15, 0.2) is 0 Å². The highest BCUT2D eigenvalue weighted by Gasteiger charge is 2.30. The van der Waals surface area contributed by atoms with Crippen molar-refractivity contribution in [2.24, 2.45) is 5.92 Å². The Balaban J connectivity index is 2.19. The highest BCUT2D eigenvalue weighted by molar-refractivity contribution is 5.95. The fourth-order valence-electron chi connectivity index (χ4n) is 2.23. The molecule has 0 aliphatic carbocycles. The van der Waals surface area contributed by atoms with E-state index in [2.05, 4.69) is 0 Å². The average molecular weight is 262 g/mol. The lowest BCUT2D eigenvalue weighted by Crippen LogP contribution is -2.42. The number of carboxylic acids is 1. The largest absolute Gasteiger partial charge is 0.481 e. The van der Waals surface area contributed by atoms with Crippen LogP contribution in [0.2, 0.25) is 0 Å². The van der Waals surface area contributed by atoms with Gasteiger partial charge >= 0.3 is 5.97 Å². The van der Waals surface area contributed by atoms with Crippen LogP contribution in [0.15, 0.2) is 24.3 Å². The predicted octanol–water partition coefficient (Wildman–Crippen LogP) is 1.58. The van der Waals surface area contributed by atoms with Crippen LogP contribution in [0.1, 0.15) is 12.8 Å². The SMILES string of the molecule is CN(C)c1ccc(N2CC(C(=O)O)CCC2=O)cc1. The third-order valence-corrected chi connectivity index (χ3v) is 3.44. The third-order valence-electron chi connectivity index (χ3n) is 3.44. The smallest absolute Gasteiger partial charge is 0.308 e. The molecule has 1 fully saturated rings. The molecule has 102 valence electrons. The zero-order valence-corrected chi connectivity index (χ0v) is 11.2. The Hall–Kier alpha value is -2.04. The zero-order chi connectivity index (χ0) is 14.0. The number of rotatable bonds is 3. The highest BCUT2D eigenvalue weighted by Crippen LogP contribution is 2.26. The molecule has 1 atom stereocenters. The molecule has 1 unspecified atom stereocenters. The third kappa shape index (κ3) is 2.86. The number of aliphatic carboxylic acids is 1.